The van der Waals surface area contributed by atoms with Gasteiger partial charge < -0.3 is 28.4 Å². The van der Waals surface area contributed by atoms with Gasteiger partial charge in [0.05, 0.1) is 36.8 Å². The molecule has 11 heteroatoms. The van der Waals surface area contributed by atoms with Crippen LogP contribution in [0.4, 0.5) is 0 Å². The Hall–Kier alpha value is -1.69. The van der Waals surface area contributed by atoms with Crippen molar-refractivity contribution in [1.82, 2.24) is 0 Å². The molecule has 0 N–H and O–H groups in total. The van der Waals surface area contributed by atoms with Crippen molar-refractivity contribution in [2.45, 2.75) is 123 Å². The van der Waals surface area contributed by atoms with E-state index in [2.05, 4.69) is 13.8 Å². The number of ketones is 1. The first-order valence-corrected chi connectivity index (χ1v) is 16.8. The molecular formula is C32H52O10S. The van der Waals surface area contributed by atoms with E-state index >= 15 is 0 Å². The predicted octanol–water partition coefficient (Wildman–Crippen LogP) is 4.24. The summed E-state index contributed by atoms with van der Waals surface area (Å²) in [5.74, 6) is -3.25. The van der Waals surface area contributed by atoms with Crippen LogP contribution in [-0.2, 0) is 47.6 Å². The van der Waals surface area contributed by atoms with Gasteiger partial charge in [-0.25, -0.2) is 0 Å². The van der Waals surface area contributed by atoms with E-state index in [0.29, 0.717) is 19.4 Å². The zero-order valence-corrected chi connectivity index (χ0v) is 28.4. The molecule has 10 nitrogen and oxygen atoms in total. The molecule has 14 atom stereocenters. The Morgan fingerprint density at radius 3 is 1.98 bits per heavy atom. The first kappa shape index (κ1) is 35.8. The molecular weight excluding hydrogens is 576 g/mol. The number of thioether (sulfide) groups is 1. The first-order valence-electron chi connectivity index (χ1n) is 15.5. The van der Waals surface area contributed by atoms with Gasteiger partial charge in [0.1, 0.15) is 12.2 Å². The summed E-state index contributed by atoms with van der Waals surface area (Å²) in [7, 11) is 1.59. The molecule has 3 heterocycles. The summed E-state index contributed by atoms with van der Waals surface area (Å²) < 4.78 is 35.5. The predicted molar refractivity (Wildman–Crippen MR) is 161 cm³/mol. The van der Waals surface area contributed by atoms with Gasteiger partial charge in [-0.05, 0) is 38.4 Å². The first-order chi connectivity index (χ1) is 20.1. The van der Waals surface area contributed by atoms with Crippen molar-refractivity contribution in [2.75, 3.05) is 20.0 Å². The third-order valence-corrected chi connectivity index (χ3v) is 11.4. The van der Waals surface area contributed by atoms with E-state index in [1.165, 1.54) is 13.8 Å². The van der Waals surface area contributed by atoms with Gasteiger partial charge in [0, 0.05) is 44.5 Å². The summed E-state index contributed by atoms with van der Waals surface area (Å²) in [6, 6.07) is 0. The average molecular weight is 629 g/mol. The van der Waals surface area contributed by atoms with Gasteiger partial charge in [0.25, 0.3) is 0 Å². The number of Topliss-reactive ketones (excluding diaryl/α,β-unsaturated/α-hetero) is 1. The third-order valence-electron chi connectivity index (χ3n) is 9.99. The van der Waals surface area contributed by atoms with Crippen LogP contribution in [0.2, 0.25) is 0 Å². The Balaban J connectivity index is 2.04. The summed E-state index contributed by atoms with van der Waals surface area (Å²) in [4.78, 5) is 51.7. The largest absolute Gasteiger partial charge is 0.462 e. The molecule has 1 spiro atoms. The maximum atomic E-state index is 13.9. The number of epoxide rings is 1. The number of esters is 3. The van der Waals surface area contributed by atoms with E-state index in [1.54, 1.807) is 32.7 Å². The van der Waals surface area contributed by atoms with Gasteiger partial charge in [0.15, 0.2) is 17.5 Å². The molecule has 3 saturated heterocycles. The lowest BCUT2D eigenvalue weighted by Gasteiger charge is -2.46. The fraction of sp³-hybridized carbons (Fsp3) is 0.875. The zero-order valence-electron chi connectivity index (χ0n) is 27.6. The standard InChI is InChI=1S/C32H52O10S/c1-15-13-32(14-38-32)30(35)19(5)27(41-22(8)33)16(2)20(6)40-31(36)18(4)26(17(3)29(15)43-11)24-12-25(37-10)28(21(7)39-24)42-23(9)34/h15-21,24-29H,12-14H2,1-11H3/t15-,16-,17-,18+,19+,20+,21-,24?,25+,26-,27-,28-,29-,32+/m0/s1. The van der Waals surface area contributed by atoms with Crippen molar-refractivity contribution in [1.29, 1.82) is 0 Å². The van der Waals surface area contributed by atoms with Crippen LogP contribution in [0, 0.1) is 35.5 Å². The normalized spacial score (nSPS) is 44.7. The fourth-order valence-corrected chi connectivity index (χ4v) is 8.71. The topological polar surface area (TPSA) is 127 Å². The molecule has 3 fully saturated rings. The van der Waals surface area contributed by atoms with Crippen LogP contribution < -0.4 is 0 Å². The highest BCUT2D eigenvalue weighted by atomic mass is 32.2. The van der Waals surface area contributed by atoms with E-state index in [1.807, 2.05) is 27.0 Å². The summed E-state index contributed by atoms with van der Waals surface area (Å²) in [5, 5.41) is 0.0547. The van der Waals surface area contributed by atoms with Crippen LogP contribution in [0.25, 0.3) is 0 Å². The minimum absolute atomic E-state index is 0.0275. The van der Waals surface area contributed by atoms with Crippen LogP contribution >= 0.6 is 11.8 Å². The van der Waals surface area contributed by atoms with Crippen molar-refractivity contribution < 1.29 is 47.6 Å². The number of carbonyl (C=O) groups excluding carboxylic acids is 4. The minimum Gasteiger partial charge on any atom is -0.462 e. The molecule has 246 valence electrons. The minimum atomic E-state index is -0.927. The molecule has 0 aromatic rings. The Labute approximate surface area is 260 Å². The molecule has 0 aliphatic carbocycles. The van der Waals surface area contributed by atoms with E-state index in [4.69, 9.17) is 28.4 Å². The molecule has 3 aliphatic rings. The van der Waals surface area contributed by atoms with Gasteiger partial charge in [-0.15, -0.1) is 0 Å². The fourth-order valence-electron chi connectivity index (χ4n) is 7.54. The van der Waals surface area contributed by atoms with Crippen LogP contribution in [-0.4, -0.2) is 91.1 Å². The molecule has 0 amide bonds. The van der Waals surface area contributed by atoms with Crippen LogP contribution in [0.1, 0.15) is 75.2 Å². The Kier molecular flexibility index (Phi) is 12.2. The van der Waals surface area contributed by atoms with Crippen molar-refractivity contribution >= 4 is 35.5 Å². The summed E-state index contributed by atoms with van der Waals surface area (Å²) in [6.07, 6.45) is -0.217. The average Bonchev–Trinajstić information content (AvgIpc) is 3.71. The molecule has 0 aromatic heterocycles. The second-order valence-electron chi connectivity index (χ2n) is 13.1. The highest BCUT2D eigenvalue weighted by Gasteiger charge is 2.57. The second-order valence-corrected chi connectivity index (χ2v) is 14.1. The van der Waals surface area contributed by atoms with E-state index in [0.717, 1.165) is 0 Å². The van der Waals surface area contributed by atoms with E-state index in [9.17, 15) is 19.2 Å². The Morgan fingerprint density at radius 2 is 1.47 bits per heavy atom. The van der Waals surface area contributed by atoms with Gasteiger partial charge in [-0.3, -0.25) is 19.2 Å². The summed E-state index contributed by atoms with van der Waals surface area (Å²) >= 11 is 1.71. The van der Waals surface area contributed by atoms with Crippen molar-refractivity contribution in [3.05, 3.63) is 0 Å². The van der Waals surface area contributed by atoms with Gasteiger partial charge >= 0.3 is 17.9 Å². The van der Waals surface area contributed by atoms with E-state index in [-0.39, 0.29) is 40.9 Å². The smallest absolute Gasteiger partial charge is 0.309 e. The van der Waals surface area contributed by atoms with Gasteiger partial charge in [-0.1, -0.05) is 34.6 Å². The Morgan fingerprint density at radius 1 is 0.884 bits per heavy atom. The summed E-state index contributed by atoms with van der Waals surface area (Å²) in [5.41, 5.74) is -0.927. The van der Waals surface area contributed by atoms with Crippen LogP contribution in [0.5, 0.6) is 0 Å². The van der Waals surface area contributed by atoms with Crippen molar-refractivity contribution in [2.24, 2.45) is 35.5 Å². The van der Waals surface area contributed by atoms with E-state index < -0.39 is 65.8 Å². The molecule has 43 heavy (non-hydrogen) atoms. The lowest BCUT2D eigenvalue weighted by atomic mass is 9.71. The number of hydrogen-bond acceptors (Lipinski definition) is 11. The number of carbonyl (C=O) groups is 4. The maximum Gasteiger partial charge on any atom is 0.309 e. The number of rotatable bonds is 5. The zero-order chi connectivity index (χ0) is 32.4. The molecule has 0 bridgehead atoms. The third kappa shape index (κ3) is 7.94. The number of methoxy groups -OCH3 is 1. The van der Waals surface area contributed by atoms with Crippen LogP contribution in [0.15, 0.2) is 0 Å². The van der Waals surface area contributed by atoms with Crippen molar-refractivity contribution in [3.63, 3.8) is 0 Å². The molecule has 0 saturated carbocycles. The Bertz CT molecular complexity index is 1010. The lowest BCUT2D eigenvalue weighted by Crippen LogP contribution is -2.55. The van der Waals surface area contributed by atoms with Crippen molar-refractivity contribution in [3.8, 4) is 0 Å². The summed E-state index contributed by atoms with van der Waals surface area (Å²) in [6.45, 7) is 16.4. The molecule has 0 aromatic carbocycles. The van der Waals surface area contributed by atoms with Gasteiger partial charge in [-0.2, -0.15) is 11.8 Å². The highest BCUT2D eigenvalue weighted by Crippen LogP contribution is 2.46. The van der Waals surface area contributed by atoms with Gasteiger partial charge in [0.2, 0.25) is 0 Å². The number of cyclic esters (lactones) is 1. The highest BCUT2D eigenvalue weighted by molar-refractivity contribution is 7.99. The quantitative estimate of drug-likeness (QED) is 0.246. The SMILES string of the molecule is CO[C@@H]1CC([C@H]2[C@H](C)[C@@H](SC)[C@@H](C)C[C@@]3(CO3)C(=O)[C@H](C)[C@@H](OC(C)=O)[C@@H](C)[C@@H](C)OC(=O)[C@@H]2C)O[C@@H](C)[C@@H]1OC(C)=O. The monoisotopic (exact) mass is 628 g/mol. The number of ether oxygens (including phenoxy) is 6. The lowest BCUT2D eigenvalue weighted by molar-refractivity contribution is -0.211. The molecule has 1 unspecified atom stereocenters. The second kappa shape index (κ2) is 14.6. The molecule has 0 radical (unpaired) electrons. The molecule has 3 rings (SSSR count). The van der Waals surface area contributed by atoms with Crippen LogP contribution in [0.3, 0.4) is 0 Å². The number of hydrogen-bond donors (Lipinski definition) is 0. The molecule has 3 aliphatic heterocycles. The maximum absolute atomic E-state index is 13.9.